The summed E-state index contributed by atoms with van der Waals surface area (Å²) in [6, 6.07) is 6.58. The molecule has 2 heterocycles. The highest BCUT2D eigenvalue weighted by atomic mass is 32.1. The molecule has 0 spiro atoms. The maximum Gasteiger partial charge on any atom is 0.416 e. The van der Waals surface area contributed by atoms with Crippen LogP contribution in [-0.4, -0.2) is 29.9 Å². The second-order valence-electron chi connectivity index (χ2n) is 6.22. The third-order valence-electron chi connectivity index (χ3n) is 4.49. The molecule has 0 saturated heterocycles. The van der Waals surface area contributed by atoms with Crippen molar-refractivity contribution in [1.29, 1.82) is 0 Å². The van der Waals surface area contributed by atoms with Crippen molar-refractivity contribution in [2.45, 2.75) is 32.1 Å². The monoisotopic (exact) mass is 368 g/mol. The van der Waals surface area contributed by atoms with Gasteiger partial charge in [-0.15, -0.1) is 11.3 Å². The molecule has 1 aromatic carbocycles. The summed E-state index contributed by atoms with van der Waals surface area (Å²) in [6.45, 7) is 4.32. The molecule has 1 unspecified atom stereocenters. The molecule has 7 heteroatoms. The number of thiophene rings is 1. The molecule has 1 aliphatic rings. The van der Waals surface area contributed by atoms with E-state index in [1.807, 2.05) is 6.92 Å². The second kappa shape index (κ2) is 7.17. The summed E-state index contributed by atoms with van der Waals surface area (Å²) in [5, 5.41) is 4.92. The smallest absolute Gasteiger partial charge is 0.350 e. The van der Waals surface area contributed by atoms with Crippen LogP contribution in [0, 0.1) is 0 Å². The summed E-state index contributed by atoms with van der Waals surface area (Å²) in [4.78, 5) is 15.9. The number of rotatable bonds is 4. The maximum absolute atomic E-state index is 12.6. The fraction of sp³-hybridized carbons (Fsp3) is 0.389. The van der Waals surface area contributed by atoms with Gasteiger partial charge in [0.25, 0.3) is 5.91 Å². The largest absolute Gasteiger partial charge is 0.416 e. The topological polar surface area (TPSA) is 32.3 Å². The second-order valence-corrected chi connectivity index (χ2v) is 7.22. The molecule has 134 valence electrons. The van der Waals surface area contributed by atoms with E-state index >= 15 is 0 Å². The Morgan fingerprint density at radius 2 is 2.00 bits per heavy atom. The summed E-state index contributed by atoms with van der Waals surface area (Å²) in [5.41, 5.74) is 0.827. The van der Waals surface area contributed by atoms with Crippen LogP contribution in [0.4, 0.5) is 13.2 Å². The lowest BCUT2D eigenvalue weighted by Gasteiger charge is -2.32. The summed E-state index contributed by atoms with van der Waals surface area (Å²) in [6.07, 6.45) is -3.37. The summed E-state index contributed by atoms with van der Waals surface area (Å²) >= 11 is 1.78. The van der Waals surface area contributed by atoms with E-state index in [1.165, 1.54) is 22.6 Å². The van der Waals surface area contributed by atoms with Gasteiger partial charge in [-0.3, -0.25) is 9.69 Å². The fourth-order valence-electron chi connectivity index (χ4n) is 2.93. The zero-order valence-electron chi connectivity index (χ0n) is 13.8. The average molecular weight is 368 g/mol. The predicted octanol–water partition coefficient (Wildman–Crippen LogP) is 3.94. The Bertz CT molecular complexity index is 740. The number of benzene rings is 1. The van der Waals surface area contributed by atoms with Crippen LogP contribution in [0.1, 0.15) is 33.3 Å². The first kappa shape index (κ1) is 17.9. The molecule has 0 fully saturated rings. The van der Waals surface area contributed by atoms with E-state index in [9.17, 15) is 18.0 Å². The van der Waals surface area contributed by atoms with Crippen molar-refractivity contribution in [2.24, 2.45) is 0 Å². The Kier molecular flexibility index (Phi) is 5.15. The number of alkyl halides is 3. The highest BCUT2D eigenvalue weighted by molar-refractivity contribution is 7.10. The van der Waals surface area contributed by atoms with E-state index < -0.39 is 11.7 Å². The number of carbonyl (C=O) groups excluding carboxylic acids is 1. The van der Waals surface area contributed by atoms with Crippen LogP contribution in [0.2, 0.25) is 0 Å². The first-order valence-corrected chi connectivity index (χ1v) is 8.97. The van der Waals surface area contributed by atoms with Gasteiger partial charge >= 0.3 is 6.18 Å². The molecule has 1 aliphatic heterocycles. The number of hydrogen-bond acceptors (Lipinski definition) is 3. The predicted molar refractivity (Wildman–Crippen MR) is 91.7 cm³/mol. The Morgan fingerprint density at radius 1 is 1.28 bits per heavy atom. The third-order valence-corrected chi connectivity index (χ3v) is 5.52. The molecule has 3 nitrogen and oxygen atoms in total. The molecule has 1 atom stereocenters. The Balaban J connectivity index is 1.53. The number of fused-ring (bicyclic) bond motifs is 1. The van der Waals surface area contributed by atoms with Crippen molar-refractivity contribution in [2.75, 3.05) is 13.1 Å². The van der Waals surface area contributed by atoms with E-state index in [4.69, 9.17) is 0 Å². The molecule has 1 N–H and O–H groups in total. The van der Waals surface area contributed by atoms with Crippen LogP contribution < -0.4 is 5.32 Å². The minimum absolute atomic E-state index is 0.159. The zero-order chi connectivity index (χ0) is 18.0. The normalized spacial score (nSPS) is 16.3. The molecule has 3 rings (SSSR count). The van der Waals surface area contributed by atoms with Crippen LogP contribution in [-0.2, 0) is 19.1 Å². The molecular weight excluding hydrogens is 349 g/mol. The number of nitrogens with one attached hydrogen (secondary N) is 1. The number of hydrogen-bond donors (Lipinski definition) is 1. The number of nitrogens with zero attached hydrogens (tertiary/aromatic N) is 1. The molecule has 1 aromatic heterocycles. The summed E-state index contributed by atoms with van der Waals surface area (Å²) in [7, 11) is 0. The van der Waals surface area contributed by atoms with Crippen LogP contribution in [0.15, 0.2) is 35.7 Å². The molecule has 0 saturated carbocycles. The first-order chi connectivity index (χ1) is 11.8. The van der Waals surface area contributed by atoms with Crippen LogP contribution in [0.25, 0.3) is 0 Å². The number of halogens is 3. The van der Waals surface area contributed by atoms with Gasteiger partial charge in [-0.1, -0.05) is 0 Å². The van der Waals surface area contributed by atoms with E-state index in [-0.39, 0.29) is 17.5 Å². The minimum atomic E-state index is -4.39. The van der Waals surface area contributed by atoms with Crippen molar-refractivity contribution in [1.82, 2.24) is 10.2 Å². The lowest BCUT2D eigenvalue weighted by molar-refractivity contribution is -0.137. The Morgan fingerprint density at radius 3 is 2.68 bits per heavy atom. The molecule has 0 aliphatic carbocycles. The van der Waals surface area contributed by atoms with Gasteiger partial charge in [0.2, 0.25) is 0 Å². The molecule has 2 aromatic rings. The molecular formula is C18H19F3N2OS. The van der Waals surface area contributed by atoms with Gasteiger partial charge in [-0.05, 0) is 54.6 Å². The van der Waals surface area contributed by atoms with Crippen LogP contribution in [0.5, 0.6) is 0 Å². The van der Waals surface area contributed by atoms with Crippen molar-refractivity contribution in [3.63, 3.8) is 0 Å². The summed E-state index contributed by atoms with van der Waals surface area (Å²) < 4.78 is 37.7. The Hall–Kier alpha value is -1.86. The zero-order valence-corrected chi connectivity index (χ0v) is 14.6. The fourth-order valence-corrected chi connectivity index (χ4v) is 3.82. The van der Waals surface area contributed by atoms with E-state index in [1.54, 1.807) is 11.3 Å². The van der Waals surface area contributed by atoms with Crippen LogP contribution in [0.3, 0.4) is 0 Å². The average Bonchev–Trinajstić information content (AvgIpc) is 3.06. The van der Waals surface area contributed by atoms with Crippen molar-refractivity contribution in [3.05, 3.63) is 57.3 Å². The minimum Gasteiger partial charge on any atom is -0.350 e. The van der Waals surface area contributed by atoms with Gasteiger partial charge in [0.05, 0.1) is 5.56 Å². The van der Waals surface area contributed by atoms with Crippen molar-refractivity contribution < 1.29 is 18.0 Å². The van der Waals surface area contributed by atoms with E-state index in [0.717, 1.165) is 31.6 Å². The van der Waals surface area contributed by atoms with Gasteiger partial charge in [0.15, 0.2) is 0 Å². The molecule has 0 bridgehead atoms. The van der Waals surface area contributed by atoms with E-state index in [0.29, 0.717) is 6.54 Å². The van der Waals surface area contributed by atoms with E-state index in [2.05, 4.69) is 21.7 Å². The van der Waals surface area contributed by atoms with Gasteiger partial charge in [-0.25, -0.2) is 0 Å². The lowest BCUT2D eigenvalue weighted by atomic mass is 10.1. The van der Waals surface area contributed by atoms with Gasteiger partial charge in [0, 0.05) is 36.1 Å². The van der Waals surface area contributed by atoms with Gasteiger partial charge in [-0.2, -0.15) is 13.2 Å². The molecule has 25 heavy (non-hydrogen) atoms. The standard InChI is InChI=1S/C18H19F3N2OS/c1-12(23-8-6-16-14(11-23)7-9-25-16)10-22-17(24)13-2-4-15(5-3-13)18(19,20)21/h2-5,7,9,12H,6,8,10-11H2,1H3,(H,22,24). The summed E-state index contributed by atoms with van der Waals surface area (Å²) in [5.74, 6) is -0.353. The highest BCUT2D eigenvalue weighted by Crippen LogP contribution is 2.29. The highest BCUT2D eigenvalue weighted by Gasteiger charge is 2.30. The van der Waals surface area contributed by atoms with Gasteiger partial charge in [0.1, 0.15) is 0 Å². The van der Waals surface area contributed by atoms with Crippen molar-refractivity contribution in [3.8, 4) is 0 Å². The SMILES string of the molecule is CC(CNC(=O)c1ccc(C(F)(F)F)cc1)N1CCc2sccc2C1. The van der Waals surface area contributed by atoms with Crippen molar-refractivity contribution >= 4 is 17.2 Å². The molecule has 0 radical (unpaired) electrons. The lowest BCUT2D eigenvalue weighted by Crippen LogP contribution is -2.44. The quantitative estimate of drug-likeness (QED) is 0.887. The maximum atomic E-state index is 12.6. The van der Waals surface area contributed by atoms with Gasteiger partial charge < -0.3 is 5.32 Å². The molecule has 1 amide bonds. The Labute approximate surface area is 148 Å². The number of carbonyl (C=O) groups is 1. The first-order valence-electron chi connectivity index (χ1n) is 8.09. The third kappa shape index (κ3) is 4.22. The van der Waals surface area contributed by atoms with Crippen LogP contribution >= 0.6 is 11.3 Å². The number of amides is 1.